The molecule has 4 atom stereocenters. The molecule has 1 aliphatic heterocycles. The average Bonchev–Trinajstić information content (AvgIpc) is 2.40. The molecule has 1 fully saturated rings. The van der Waals surface area contributed by atoms with E-state index in [1.165, 1.54) is 13.5 Å². The van der Waals surface area contributed by atoms with Crippen molar-refractivity contribution in [3.63, 3.8) is 0 Å². The first-order valence-electron chi connectivity index (χ1n) is 7.91. The molecule has 4 unspecified atom stereocenters. The molecule has 4 nitrogen and oxygen atoms in total. The molecule has 0 radical (unpaired) electrons. The Bertz CT molecular complexity index is 322. The second kappa shape index (κ2) is 7.41. The topological polar surface area (TPSA) is 41.6 Å². The van der Waals surface area contributed by atoms with Crippen LogP contribution in [0.4, 0.5) is 0 Å². The zero-order chi connectivity index (χ0) is 15.3. The lowest BCUT2D eigenvalue weighted by Crippen LogP contribution is -2.54. The van der Waals surface area contributed by atoms with Crippen molar-refractivity contribution in [2.24, 2.45) is 11.8 Å². The van der Waals surface area contributed by atoms with Crippen LogP contribution in [0.15, 0.2) is 0 Å². The SMILES string of the molecule is CCNC(C)(CCN1CC(C)CC(C)C1C)C(=O)OC. The van der Waals surface area contributed by atoms with Gasteiger partial charge in [-0.25, -0.2) is 0 Å². The van der Waals surface area contributed by atoms with Gasteiger partial charge in [0, 0.05) is 19.1 Å². The molecule has 4 heteroatoms. The number of hydrogen-bond acceptors (Lipinski definition) is 4. The Balaban J connectivity index is 2.64. The molecule has 1 heterocycles. The van der Waals surface area contributed by atoms with Crippen molar-refractivity contribution in [3.8, 4) is 0 Å². The second-order valence-electron chi connectivity index (χ2n) is 6.66. The molecule has 0 amide bonds. The number of carbonyl (C=O) groups is 1. The summed E-state index contributed by atoms with van der Waals surface area (Å²) in [6, 6.07) is 0.592. The van der Waals surface area contributed by atoms with Crippen molar-refractivity contribution in [3.05, 3.63) is 0 Å². The Morgan fingerprint density at radius 2 is 2.05 bits per heavy atom. The zero-order valence-electron chi connectivity index (χ0n) is 14.0. The fourth-order valence-electron chi connectivity index (χ4n) is 3.37. The molecule has 1 N–H and O–H groups in total. The summed E-state index contributed by atoms with van der Waals surface area (Å²) in [6.07, 6.45) is 2.09. The minimum absolute atomic E-state index is 0.162. The summed E-state index contributed by atoms with van der Waals surface area (Å²) in [6.45, 7) is 13.8. The van der Waals surface area contributed by atoms with E-state index in [0.29, 0.717) is 6.04 Å². The Hall–Kier alpha value is -0.610. The van der Waals surface area contributed by atoms with Gasteiger partial charge >= 0.3 is 5.97 Å². The number of nitrogens with one attached hydrogen (secondary N) is 1. The number of nitrogens with zero attached hydrogens (tertiary/aromatic N) is 1. The Morgan fingerprint density at radius 1 is 1.40 bits per heavy atom. The molecule has 0 aromatic carbocycles. The quantitative estimate of drug-likeness (QED) is 0.760. The van der Waals surface area contributed by atoms with Crippen LogP contribution in [0, 0.1) is 11.8 Å². The third kappa shape index (κ3) is 4.19. The summed E-state index contributed by atoms with van der Waals surface area (Å²) in [5.41, 5.74) is -0.576. The maximum atomic E-state index is 12.0. The number of hydrogen-bond donors (Lipinski definition) is 1. The smallest absolute Gasteiger partial charge is 0.325 e. The monoisotopic (exact) mass is 284 g/mol. The van der Waals surface area contributed by atoms with Crippen LogP contribution >= 0.6 is 0 Å². The van der Waals surface area contributed by atoms with Crippen molar-refractivity contribution >= 4 is 5.97 Å². The molecule has 1 saturated heterocycles. The van der Waals surface area contributed by atoms with Gasteiger partial charge in [0.2, 0.25) is 0 Å². The number of methoxy groups -OCH3 is 1. The van der Waals surface area contributed by atoms with Crippen LogP contribution in [0.5, 0.6) is 0 Å². The molecule has 1 rings (SSSR count). The average molecular weight is 284 g/mol. The first kappa shape index (κ1) is 17.4. The molecule has 0 aromatic rings. The fraction of sp³-hybridized carbons (Fsp3) is 0.938. The van der Waals surface area contributed by atoms with Crippen LogP contribution < -0.4 is 5.32 Å². The van der Waals surface area contributed by atoms with Gasteiger partial charge in [0.1, 0.15) is 5.54 Å². The minimum atomic E-state index is -0.576. The van der Waals surface area contributed by atoms with Gasteiger partial charge in [0.05, 0.1) is 7.11 Å². The van der Waals surface area contributed by atoms with Gasteiger partial charge in [-0.3, -0.25) is 4.79 Å². The molecule has 0 aliphatic carbocycles. The number of ether oxygens (including phenoxy) is 1. The molecular weight excluding hydrogens is 252 g/mol. The van der Waals surface area contributed by atoms with E-state index in [-0.39, 0.29) is 5.97 Å². The lowest BCUT2D eigenvalue weighted by Gasteiger charge is -2.42. The third-order valence-corrected chi connectivity index (χ3v) is 4.82. The number of piperidine rings is 1. The lowest BCUT2D eigenvalue weighted by atomic mass is 9.85. The highest BCUT2D eigenvalue weighted by Gasteiger charge is 2.35. The maximum Gasteiger partial charge on any atom is 0.325 e. The van der Waals surface area contributed by atoms with Gasteiger partial charge in [-0.2, -0.15) is 0 Å². The third-order valence-electron chi connectivity index (χ3n) is 4.82. The summed E-state index contributed by atoms with van der Waals surface area (Å²) in [5.74, 6) is 1.30. The first-order valence-corrected chi connectivity index (χ1v) is 7.91. The van der Waals surface area contributed by atoms with E-state index in [0.717, 1.165) is 37.9 Å². The van der Waals surface area contributed by atoms with E-state index in [4.69, 9.17) is 4.74 Å². The molecule has 1 aliphatic rings. The largest absolute Gasteiger partial charge is 0.468 e. The standard InChI is InChI=1S/C16H32N2O2/c1-7-17-16(5,15(19)20-6)8-9-18-11-12(2)10-13(3)14(18)4/h12-14,17H,7-11H2,1-6H3. The van der Waals surface area contributed by atoms with E-state index in [9.17, 15) is 4.79 Å². The van der Waals surface area contributed by atoms with Crippen molar-refractivity contribution in [1.29, 1.82) is 0 Å². The summed E-state index contributed by atoms with van der Waals surface area (Å²) < 4.78 is 4.96. The number of esters is 1. The Kier molecular flexibility index (Phi) is 6.46. The number of carbonyl (C=O) groups excluding carboxylic acids is 1. The van der Waals surface area contributed by atoms with E-state index in [2.05, 4.69) is 31.0 Å². The van der Waals surface area contributed by atoms with Crippen molar-refractivity contribution in [2.75, 3.05) is 26.7 Å². The van der Waals surface area contributed by atoms with E-state index in [1.54, 1.807) is 0 Å². The van der Waals surface area contributed by atoms with Gasteiger partial charge < -0.3 is 15.0 Å². The molecular formula is C16H32N2O2. The van der Waals surface area contributed by atoms with Crippen LogP contribution in [-0.4, -0.2) is 49.2 Å². The van der Waals surface area contributed by atoms with Crippen LogP contribution in [0.2, 0.25) is 0 Å². The van der Waals surface area contributed by atoms with Crippen LogP contribution in [0.3, 0.4) is 0 Å². The molecule has 20 heavy (non-hydrogen) atoms. The highest BCUT2D eigenvalue weighted by molar-refractivity contribution is 5.80. The maximum absolute atomic E-state index is 12.0. The Labute approximate surface area is 124 Å². The van der Waals surface area contributed by atoms with Crippen molar-refractivity contribution < 1.29 is 9.53 Å². The molecule has 0 aromatic heterocycles. The summed E-state index contributed by atoms with van der Waals surface area (Å²) in [5, 5.41) is 3.29. The summed E-state index contributed by atoms with van der Waals surface area (Å²) >= 11 is 0. The van der Waals surface area contributed by atoms with Crippen molar-refractivity contribution in [2.45, 2.75) is 59.0 Å². The van der Waals surface area contributed by atoms with Crippen LogP contribution in [0.1, 0.15) is 47.5 Å². The zero-order valence-corrected chi connectivity index (χ0v) is 14.0. The van der Waals surface area contributed by atoms with E-state index in [1.807, 2.05) is 13.8 Å². The normalized spacial score (nSPS) is 30.8. The van der Waals surface area contributed by atoms with Gasteiger partial charge in [0.15, 0.2) is 0 Å². The predicted molar refractivity (Wildman–Crippen MR) is 82.7 cm³/mol. The van der Waals surface area contributed by atoms with E-state index < -0.39 is 5.54 Å². The van der Waals surface area contributed by atoms with Crippen LogP contribution in [0.25, 0.3) is 0 Å². The van der Waals surface area contributed by atoms with Gasteiger partial charge in [-0.15, -0.1) is 0 Å². The van der Waals surface area contributed by atoms with E-state index >= 15 is 0 Å². The number of likely N-dealkylation sites (tertiary alicyclic amines) is 1. The molecule has 0 spiro atoms. The van der Waals surface area contributed by atoms with Crippen molar-refractivity contribution in [1.82, 2.24) is 10.2 Å². The number of rotatable bonds is 6. The van der Waals surface area contributed by atoms with Gasteiger partial charge in [0.25, 0.3) is 0 Å². The lowest BCUT2D eigenvalue weighted by molar-refractivity contribution is -0.148. The highest BCUT2D eigenvalue weighted by atomic mass is 16.5. The Morgan fingerprint density at radius 3 is 2.60 bits per heavy atom. The van der Waals surface area contributed by atoms with Gasteiger partial charge in [-0.1, -0.05) is 20.8 Å². The summed E-state index contributed by atoms with van der Waals surface area (Å²) in [7, 11) is 1.46. The first-order chi connectivity index (χ1) is 9.34. The predicted octanol–water partition coefficient (Wildman–Crippen LogP) is 2.28. The van der Waals surface area contributed by atoms with Crippen LogP contribution in [-0.2, 0) is 9.53 Å². The fourth-order valence-corrected chi connectivity index (χ4v) is 3.37. The second-order valence-corrected chi connectivity index (χ2v) is 6.66. The minimum Gasteiger partial charge on any atom is -0.468 e. The molecule has 0 bridgehead atoms. The molecule has 0 saturated carbocycles. The van der Waals surface area contributed by atoms with Gasteiger partial charge in [-0.05, 0) is 45.1 Å². The molecule has 118 valence electrons. The summed E-state index contributed by atoms with van der Waals surface area (Å²) in [4.78, 5) is 14.5. The highest BCUT2D eigenvalue weighted by Crippen LogP contribution is 2.27. The number of likely N-dealkylation sites (N-methyl/N-ethyl adjacent to an activating group) is 1.